The molecule has 1 saturated heterocycles. The number of fused-ring (bicyclic) bond motifs is 4. The van der Waals surface area contributed by atoms with Gasteiger partial charge in [-0.05, 0) is 25.3 Å². The van der Waals surface area contributed by atoms with Crippen LogP contribution in [0.2, 0.25) is 0 Å². The molecule has 2 bridgehead atoms. The van der Waals surface area contributed by atoms with Gasteiger partial charge in [-0.2, -0.15) is 0 Å². The van der Waals surface area contributed by atoms with Crippen molar-refractivity contribution in [3.63, 3.8) is 0 Å². The molecular weight excluding hydrogens is 334 g/mol. The Morgan fingerprint density at radius 2 is 2.08 bits per heavy atom. The number of carbonyl (C=O) groups is 2. The monoisotopic (exact) mass is 359 g/mol. The van der Waals surface area contributed by atoms with E-state index in [2.05, 4.69) is 5.32 Å². The Morgan fingerprint density at radius 1 is 1.31 bits per heavy atom. The Hall–Kier alpha value is -2.15. The minimum atomic E-state index is -0.533. The van der Waals surface area contributed by atoms with Crippen LogP contribution in [0.3, 0.4) is 0 Å². The molecule has 1 aromatic heterocycles. The van der Waals surface area contributed by atoms with Gasteiger partial charge in [-0.1, -0.05) is 13.0 Å². The summed E-state index contributed by atoms with van der Waals surface area (Å²) in [6, 6.07) is 4.21. The second-order valence-corrected chi connectivity index (χ2v) is 7.59. The molecule has 26 heavy (non-hydrogen) atoms. The molecule has 2 N–H and O–H groups in total. The Bertz CT molecular complexity index is 785. The number of carbonyl (C=O) groups excluding carboxylic acids is 2. The fraction of sp³-hybridized carbons (Fsp3) is 0.632. The molecule has 4 atom stereocenters. The first-order valence-corrected chi connectivity index (χ1v) is 9.49. The molecule has 1 saturated carbocycles. The van der Waals surface area contributed by atoms with Crippen molar-refractivity contribution in [3.8, 4) is 0 Å². The van der Waals surface area contributed by atoms with Gasteiger partial charge in [0, 0.05) is 43.3 Å². The van der Waals surface area contributed by atoms with Crippen molar-refractivity contribution < 1.29 is 14.7 Å². The quantitative estimate of drug-likeness (QED) is 0.790. The van der Waals surface area contributed by atoms with E-state index in [0.717, 1.165) is 19.3 Å². The summed E-state index contributed by atoms with van der Waals surface area (Å²) in [5.41, 5.74) is 0.581. The third-order valence-corrected chi connectivity index (χ3v) is 5.95. The largest absolute Gasteiger partial charge is 0.396 e. The number of aliphatic hydroxyl groups is 1. The predicted molar refractivity (Wildman–Crippen MR) is 94.2 cm³/mol. The van der Waals surface area contributed by atoms with E-state index in [0.29, 0.717) is 18.8 Å². The van der Waals surface area contributed by atoms with Gasteiger partial charge in [0.15, 0.2) is 0 Å². The van der Waals surface area contributed by atoms with Gasteiger partial charge in [0.2, 0.25) is 11.8 Å². The van der Waals surface area contributed by atoms with E-state index < -0.39 is 12.0 Å². The van der Waals surface area contributed by atoms with Gasteiger partial charge in [0.05, 0.1) is 18.0 Å². The van der Waals surface area contributed by atoms with E-state index in [1.807, 2.05) is 17.9 Å². The Labute approximate surface area is 152 Å². The van der Waals surface area contributed by atoms with Crippen LogP contribution >= 0.6 is 0 Å². The molecule has 3 heterocycles. The number of hydrogen-bond acceptors (Lipinski definition) is 4. The molecule has 140 valence electrons. The van der Waals surface area contributed by atoms with Crippen LogP contribution in [0.5, 0.6) is 0 Å². The van der Waals surface area contributed by atoms with Crippen molar-refractivity contribution in [3.05, 3.63) is 34.2 Å². The molecule has 2 fully saturated rings. The van der Waals surface area contributed by atoms with E-state index >= 15 is 0 Å². The van der Waals surface area contributed by atoms with E-state index in [1.54, 1.807) is 10.6 Å². The Morgan fingerprint density at radius 3 is 2.73 bits per heavy atom. The lowest BCUT2D eigenvalue weighted by molar-refractivity contribution is -0.138. The molecule has 1 aliphatic carbocycles. The second kappa shape index (κ2) is 6.54. The maximum Gasteiger partial charge on any atom is 0.250 e. The lowest BCUT2D eigenvalue weighted by atomic mass is 9.86. The summed E-state index contributed by atoms with van der Waals surface area (Å²) in [7, 11) is 0. The lowest BCUT2D eigenvalue weighted by Crippen LogP contribution is -2.49. The van der Waals surface area contributed by atoms with Crippen molar-refractivity contribution >= 4 is 11.8 Å². The van der Waals surface area contributed by atoms with E-state index in [-0.39, 0.29) is 41.9 Å². The van der Waals surface area contributed by atoms with Crippen molar-refractivity contribution in [2.45, 2.75) is 44.8 Å². The van der Waals surface area contributed by atoms with Gasteiger partial charge < -0.3 is 19.9 Å². The highest BCUT2D eigenvalue weighted by atomic mass is 16.3. The van der Waals surface area contributed by atoms with E-state index in [1.165, 1.54) is 6.07 Å². The number of aliphatic hydroxyl groups excluding tert-OH is 1. The molecule has 1 aromatic rings. The lowest BCUT2D eigenvalue weighted by Gasteiger charge is -2.38. The zero-order valence-electron chi connectivity index (χ0n) is 14.9. The summed E-state index contributed by atoms with van der Waals surface area (Å²) in [5, 5.41) is 13.0. The highest BCUT2D eigenvalue weighted by Crippen LogP contribution is 2.50. The maximum atomic E-state index is 13.0. The molecule has 0 unspecified atom stereocenters. The topological polar surface area (TPSA) is 91.6 Å². The number of amides is 2. The van der Waals surface area contributed by atoms with Crippen LogP contribution in [0.4, 0.5) is 0 Å². The van der Waals surface area contributed by atoms with Gasteiger partial charge in [-0.15, -0.1) is 0 Å². The average Bonchev–Trinajstić information content (AvgIpc) is 3.45. The third kappa shape index (κ3) is 2.57. The molecule has 3 aliphatic rings. The fourth-order valence-electron chi connectivity index (χ4n) is 4.57. The van der Waals surface area contributed by atoms with Gasteiger partial charge in [-0.25, -0.2) is 0 Å². The number of nitrogens with one attached hydrogen (secondary N) is 1. The van der Waals surface area contributed by atoms with Gasteiger partial charge >= 0.3 is 0 Å². The minimum absolute atomic E-state index is 0.0266. The van der Waals surface area contributed by atoms with Crippen LogP contribution in [-0.2, 0) is 16.1 Å². The van der Waals surface area contributed by atoms with Crippen molar-refractivity contribution in [2.24, 2.45) is 17.8 Å². The molecule has 7 nitrogen and oxygen atoms in total. The highest BCUT2D eigenvalue weighted by Gasteiger charge is 2.58. The Balaban J connectivity index is 1.80. The molecule has 2 aliphatic heterocycles. The number of hydrogen-bond donors (Lipinski definition) is 2. The second-order valence-electron chi connectivity index (χ2n) is 7.59. The first kappa shape index (κ1) is 17.3. The standard InChI is InChI=1S/C19H25N3O4/c1-2-8-20-18(25)16-12(10-23)14-9-21-13(4-3-5-15(21)24)17(16)22(14)19(26)11-6-7-11/h3-5,11-12,14,16-17,23H,2,6-10H2,1H3,(H,20,25)/t12-,14-,16+,17+/m1/s1. The van der Waals surface area contributed by atoms with Crippen molar-refractivity contribution in [1.82, 2.24) is 14.8 Å². The predicted octanol–water partition coefficient (Wildman–Crippen LogP) is 0.275. The molecule has 0 aromatic carbocycles. The maximum absolute atomic E-state index is 13.0. The minimum Gasteiger partial charge on any atom is -0.396 e. The smallest absolute Gasteiger partial charge is 0.250 e. The van der Waals surface area contributed by atoms with Crippen LogP contribution in [0.25, 0.3) is 0 Å². The van der Waals surface area contributed by atoms with Crippen LogP contribution < -0.4 is 10.9 Å². The average molecular weight is 359 g/mol. The van der Waals surface area contributed by atoms with Crippen molar-refractivity contribution in [1.29, 1.82) is 0 Å². The van der Waals surface area contributed by atoms with Gasteiger partial charge in [-0.3, -0.25) is 14.4 Å². The molecule has 0 radical (unpaired) electrons. The van der Waals surface area contributed by atoms with Crippen LogP contribution in [0.1, 0.15) is 37.9 Å². The number of rotatable bonds is 5. The van der Waals surface area contributed by atoms with Crippen LogP contribution in [0, 0.1) is 17.8 Å². The first-order chi connectivity index (χ1) is 12.6. The summed E-state index contributed by atoms with van der Waals surface area (Å²) >= 11 is 0. The summed E-state index contributed by atoms with van der Waals surface area (Å²) in [6.45, 7) is 2.70. The molecular formula is C19H25N3O4. The van der Waals surface area contributed by atoms with Crippen LogP contribution in [-0.4, -0.2) is 45.6 Å². The summed E-state index contributed by atoms with van der Waals surface area (Å²) in [6.07, 6.45) is 2.58. The zero-order valence-corrected chi connectivity index (χ0v) is 14.9. The summed E-state index contributed by atoms with van der Waals surface area (Å²) in [4.78, 5) is 40.1. The molecule has 7 heteroatoms. The SMILES string of the molecule is CCCNC(=O)[C@H]1[C@H](CO)[C@H]2Cn3c(cccc3=O)[C@@H]1N2C(=O)C1CC1. The van der Waals surface area contributed by atoms with E-state index in [4.69, 9.17) is 0 Å². The molecule has 0 spiro atoms. The van der Waals surface area contributed by atoms with E-state index in [9.17, 15) is 19.5 Å². The number of pyridine rings is 1. The third-order valence-electron chi connectivity index (χ3n) is 5.95. The Kier molecular flexibility index (Phi) is 4.34. The molecule has 2 amide bonds. The highest BCUT2D eigenvalue weighted by molar-refractivity contribution is 5.86. The van der Waals surface area contributed by atoms with Gasteiger partial charge in [0.25, 0.3) is 5.56 Å². The zero-order chi connectivity index (χ0) is 18.4. The normalized spacial score (nSPS) is 29.4. The summed E-state index contributed by atoms with van der Waals surface area (Å²) < 4.78 is 1.67. The number of aromatic nitrogens is 1. The summed E-state index contributed by atoms with van der Waals surface area (Å²) in [5.74, 6) is -0.948. The fourth-order valence-corrected chi connectivity index (χ4v) is 4.57. The first-order valence-electron chi connectivity index (χ1n) is 9.49. The van der Waals surface area contributed by atoms with Gasteiger partial charge in [0.1, 0.15) is 0 Å². The van der Waals surface area contributed by atoms with Crippen molar-refractivity contribution in [2.75, 3.05) is 13.2 Å². The molecule has 4 rings (SSSR count). The van der Waals surface area contributed by atoms with Crippen LogP contribution in [0.15, 0.2) is 23.0 Å². The number of nitrogens with zero attached hydrogens (tertiary/aromatic N) is 2.